The molecule has 1 saturated heterocycles. The molecular weight excluding hydrogens is 390 g/mol. The number of fused-ring (bicyclic) bond motifs is 3. The summed E-state index contributed by atoms with van der Waals surface area (Å²) in [5.41, 5.74) is 2.18. The van der Waals surface area contributed by atoms with Gasteiger partial charge in [0.05, 0.1) is 17.5 Å². The Bertz CT molecular complexity index is 974. The number of rotatable bonds is 5. The molecule has 2 aliphatic rings. The number of hydrogen-bond donors (Lipinski definition) is 0. The molecule has 6 heteroatoms. The molecule has 5 rings (SSSR count). The number of nitrogens with zero attached hydrogens (tertiary/aromatic N) is 1. The number of thiophene rings is 2. The van der Waals surface area contributed by atoms with Crippen LogP contribution in [0.3, 0.4) is 0 Å². The van der Waals surface area contributed by atoms with Crippen LogP contribution in [0.4, 0.5) is 0 Å². The quantitative estimate of drug-likeness (QED) is 0.580. The van der Waals surface area contributed by atoms with Crippen LogP contribution in [0.15, 0.2) is 47.8 Å². The molecular formula is C22H21NO3S2. The predicted molar refractivity (Wildman–Crippen MR) is 112 cm³/mol. The van der Waals surface area contributed by atoms with Crippen LogP contribution >= 0.6 is 22.7 Å². The van der Waals surface area contributed by atoms with Crippen molar-refractivity contribution in [3.8, 4) is 16.2 Å². The van der Waals surface area contributed by atoms with Crippen molar-refractivity contribution in [2.75, 3.05) is 13.2 Å². The van der Waals surface area contributed by atoms with Gasteiger partial charge in [0.25, 0.3) is 5.91 Å². The van der Waals surface area contributed by atoms with Gasteiger partial charge in [-0.1, -0.05) is 18.2 Å². The zero-order valence-corrected chi connectivity index (χ0v) is 17.1. The number of carbonyl (C=O) groups excluding carboxylic acids is 1. The highest BCUT2D eigenvalue weighted by Crippen LogP contribution is 2.42. The summed E-state index contributed by atoms with van der Waals surface area (Å²) in [7, 11) is 0. The number of carbonyl (C=O) groups is 1. The zero-order chi connectivity index (χ0) is 18.9. The van der Waals surface area contributed by atoms with Gasteiger partial charge in [0.1, 0.15) is 12.4 Å². The summed E-state index contributed by atoms with van der Waals surface area (Å²) >= 11 is 3.26. The molecule has 2 aliphatic heterocycles. The number of ether oxygens (including phenoxy) is 2. The Hall–Kier alpha value is -2.15. The molecule has 1 fully saturated rings. The fraction of sp³-hybridized carbons (Fsp3) is 0.318. The van der Waals surface area contributed by atoms with E-state index in [9.17, 15) is 4.79 Å². The van der Waals surface area contributed by atoms with Gasteiger partial charge in [-0.05, 0) is 42.5 Å². The lowest BCUT2D eigenvalue weighted by Gasteiger charge is -2.24. The van der Waals surface area contributed by atoms with E-state index in [1.807, 2.05) is 35.2 Å². The van der Waals surface area contributed by atoms with Crippen molar-refractivity contribution in [1.82, 2.24) is 4.90 Å². The first-order chi connectivity index (χ1) is 13.8. The normalized spacial score (nSPS) is 17.6. The molecule has 0 aliphatic carbocycles. The van der Waals surface area contributed by atoms with Crippen LogP contribution in [0, 0.1) is 0 Å². The van der Waals surface area contributed by atoms with Crippen molar-refractivity contribution < 1.29 is 14.3 Å². The van der Waals surface area contributed by atoms with Crippen LogP contribution < -0.4 is 4.74 Å². The highest BCUT2D eigenvalue weighted by Gasteiger charge is 2.27. The second kappa shape index (κ2) is 7.70. The maximum atomic E-state index is 13.4. The van der Waals surface area contributed by atoms with Gasteiger partial charge in [0, 0.05) is 34.0 Å². The first-order valence-corrected chi connectivity index (χ1v) is 11.3. The first-order valence-electron chi connectivity index (χ1n) is 9.56. The third-order valence-corrected chi connectivity index (χ3v) is 7.26. The van der Waals surface area contributed by atoms with Gasteiger partial charge in [-0.2, -0.15) is 0 Å². The van der Waals surface area contributed by atoms with E-state index in [0.29, 0.717) is 19.7 Å². The average Bonchev–Trinajstić information content (AvgIpc) is 3.48. The van der Waals surface area contributed by atoms with E-state index in [1.54, 1.807) is 22.7 Å². The monoisotopic (exact) mass is 411 g/mol. The van der Waals surface area contributed by atoms with Gasteiger partial charge in [-0.15, -0.1) is 22.7 Å². The summed E-state index contributed by atoms with van der Waals surface area (Å²) in [4.78, 5) is 18.5. The summed E-state index contributed by atoms with van der Waals surface area (Å²) in [6.45, 7) is 2.60. The lowest BCUT2D eigenvalue weighted by Crippen LogP contribution is -2.36. The molecule has 2 aromatic heterocycles. The average molecular weight is 412 g/mol. The van der Waals surface area contributed by atoms with E-state index in [0.717, 1.165) is 46.1 Å². The van der Waals surface area contributed by atoms with Crippen LogP contribution in [-0.4, -0.2) is 30.1 Å². The standard InChI is InChI=1S/C22H21NO3S2/c24-22(23(12-16-5-3-9-25-16)13-17-6-4-10-27-17)20-11-15-14-26-19-8-2-1-7-18(19)21(15)28-20/h1-2,4,6-8,10-11,16H,3,5,9,12-14H2. The molecule has 1 aromatic carbocycles. The molecule has 1 amide bonds. The second-order valence-corrected chi connectivity index (χ2v) is 9.23. The minimum atomic E-state index is 0.0841. The third kappa shape index (κ3) is 3.48. The van der Waals surface area contributed by atoms with Crippen LogP contribution in [0.2, 0.25) is 0 Å². The number of para-hydroxylation sites is 1. The molecule has 0 bridgehead atoms. The van der Waals surface area contributed by atoms with Crippen molar-refractivity contribution in [3.05, 3.63) is 63.2 Å². The molecule has 144 valence electrons. The second-order valence-electron chi connectivity index (χ2n) is 7.15. The number of hydrogen-bond acceptors (Lipinski definition) is 5. The Morgan fingerprint density at radius 1 is 1.21 bits per heavy atom. The summed E-state index contributed by atoms with van der Waals surface area (Å²) < 4.78 is 11.7. The molecule has 1 unspecified atom stereocenters. The maximum Gasteiger partial charge on any atom is 0.264 e. The Kier molecular flexibility index (Phi) is 4.93. The Labute approximate surface area is 172 Å². The largest absolute Gasteiger partial charge is 0.488 e. The van der Waals surface area contributed by atoms with Crippen molar-refractivity contribution in [2.45, 2.75) is 32.1 Å². The van der Waals surface area contributed by atoms with Crippen LogP contribution in [0.1, 0.15) is 33.0 Å². The van der Waals surface area contributed by atoms with Gasteiger partial charge in [-0.25, -0.2) is 0 Å². The maximum absolute atomic E-state index is 13.4. The predicted octanol–water partition coefficient (Wildman–Crippen LogP) is 5.19. The molecule has 3 aromatic rings. The van der Waals surface area contributed by atoms with Gasteiger partial charge in [0.15, 0.2) is 0 Å². The summed E-state index contributed by atoms with van der Waals surface area (Å²) in [5, 5.41) is 2.06. The molecule has 0 N–H and O–H groups in total. The molecule has 0 radical (unpaired) electrons. The molecule has 0 saturated carbocycles. The molecule has 1 atom stereocenters. The SMILES string of the molecule is O=C(c1cc2c(s1)-c1ccccc1OC2)N(Cc1cccs1)CC1CCCO1. The third-order valence-electron chi connectivity index (χ3n) is 5.20. The highest BCUT2D eigenvalue weighted by atomic mass is 32.1. The minimum Gasteiger partial charge on any atom is -0.488 e. The van der Waals surface area contributed by atoms with E-state index in [4.69, 9.17) is 9.47 Å². The van der Waals surface area contributed by atoms with E-state index in [2.05, 4.69) is 17.5 Å². The van der Waals surface area contributed by atoms with E-state index < -0.39 is 0 Å². The Morgan fingerprint density at radius 3 is 2.96 bits per heavy atom. The lowest BCUT2D eigenvalue weighted by molar-refractivity contribution is 0.0513. The smallest absolute Gasteiger partial charge is 0.264 e. The molecule has 28 heavy (non-hydrogen) atoms. The summed E-state index contributed by atoms with van der Waals surface area (Å²) in [6.07, 6.45) is 2.24. The van der Waals surface area contributed by atoms with E-state index in [1.165, 1.54) is 4.88 Å². The van der Waals surface area contributed by atoms with Gasteiger partial charge in [0.2, 0.25) is 0 Å². The minimum absolute atomic E-state index is 0.0841. The number of benzene rings is 1. The Morgan fingerprint density at radius 2 is 2.14 bits per heavy atom. The van der Waals surface area contributed by atoms with Crippen LogP contribution in [0.5, 0.6) is 5.75 Å². The summed E-state index contributed by atoms with van der Waals surface area (Å²) in [6, 6.07) is 14.2. The fourth-order valence-corrected chi connectivity index (χ4v) is 5.69. The molecule has 4 nitrogen and oxygen atoms in total. The molecule has 0 spiro atoms. The van der Waals surface area contributed by atoms with Gasteiger partial charge < -0.3 is 14.4 Å². The number of amides is 1. The highest BCUT2D eigenvalue weighted by molar-refractivity contribution is 7.17. The van der Waals surface area contributed by atoms with Crippen LogP contribution in [0.25, 0.3) is 10.4 Å². The summed E-state index contributed by atoms with van der Waals surface area (Å²) in [5.74, 6) is 0.978. The zero-order valence-electron chi connectivity index (χ0n) is 15.4. The van der Waals surface area contributed by atoms with Gasteiger partial charge in [-0.3, -0.25) is 4.79 Å². The molecule has 4 heterocycles. The van der Waals surface area contributed by atoms with Gasteiger partial charge >= 0.3 is 0 Å². The van der Waals surface area contributed by atoms with Crippen molar-refractivity contribution >= 4 is 28.6 Å². The van der Waals surface area contributed by atoms with Crippen LogP contribution in [-0.2, 0) is 17.9 Å². The van der Waals surface area contributed by atoms with E-state index in [-0.39, 0.29) is 12.0 Å². The topological polar surface area (TPSA) is 38.8 Å². The Balaban J connectivity index is 1.43. The first kappa shape index (κ1) is 17.9. The fourth-order valence-electron chi connectivity index (χ4n) is 3.80. The van der Waals surface area contributed by atoms with Crippen molar-refractivity contribution in [3.63, 3.8) is 0 Å². The van der Waals surface area contributed by atoms with Crippen molar-refractivity contribution in [1.29, 1.82) is 0 Å². The van der Waals surface area contributed by atoms with E-state index >= 15 is 0 Å². The van der Waals surface area contributed by atoms with Crippen molar-refractivity contribution in [2.24, 2.45) is 0 Å². The lowest BCUT2D eigenvalue weighted by atomic mass is 10.1.